The Balaban J connectivity index is 2.21. The molecule has 2 rings (SSSR count). The molecule has 1 aliphatic rings. The van der Waals surface area contributed by atoms with Crippen LogP contribution in [0.4, 0.5) is 0 Å². The Bertz CT molecular complexity index is 388. The molecule has 3 nitrogen and oxygen atoms in total. The monoisotopic (exact) mass is 269 g/mol. The van der Waals surface area contributed by atoms with Gasteiger partial charge >= 0.3 is 5.97 Å². The summed E-state index contributed by atoms with van der Waals surface area (Å²) >= 11 is 3.37. The van der Waals surface area contributed by atoms with Crippen molar-refractivity contribution in [3.63, 3.8) is 0 Å². The van der Waals surface area contributed by atoms with Crippen molar-refractivity contribution in [3.8, 4) is 0 Å². The number of pyridine rings is 1. The molecule has 0 bridgehead atoms. The molecule has 1 aromatic rings. The van der Waals surface area contributed by atoms with Gasteiger partial charge in [0.15, 0.2) is 0 Å². The van der Waals surface area contributed by atoms with Gasteiger partial charge in [0.05, 0.1) is 12.2 Å². The molecular weight excluding hydrogens is 258 g/mol. The molecule has 0 amide bonds. The minimum atomic E-state index is -0.320. The van der Waals surface area contributed by atoms with Gasteiger partial charge in [0, 0.05) is 22.3 Å². The molecule has 0 radical (unpaired) electrons. The first-order chi connectivity index (χ1) is 7.22. The Morgan fingerprint density at radius 1 is 1.67 bits per heavy atom. The summed E-state index contributed by atoms with van der Waals surface area (Å²) in [7, 11) is 0. The molecule has 1 aromatic heterocycles. The van der Waals surface area contributed by atoms with Gasteiger partial charge in [-0.15, -0.1) is 0 Å². The first-order valence-corrected chi connectivity index (χ1v) is 5.84. The maximum atomic E-state index is 11.5. The van der Waals surface area contributed by atoms with Crippen LogP contribution in [0.25, 0.3) is 0 Å². The first-order valence-electron chi connectivity index (χ1n) is 5.05. The van der Waals surface area contributed by atoms with Gasteiger partial charge in [-0.2, -0.15) is 0 Å². The van der Waals surface area contributed by atoms with E-state index in [1.807, 2.05) is 6.07 Å². The van der Waals surface area contributed by atoms with Crippen LogP contribution in [0.1, 0.15) is 41.7 Å². The van der Waals surface area contributed by atoms with Crippen molar-refractivity contribution in [2.24, 2.45) is 0 Å². The van der Waals surface area contributed by atoms with Crippen LogP contribution in [0.3, 0.4) is 0 Å². The van der Waals surface area contributed by atoms with E-state index in [-0.39, 0.29) is 5.97 Å². The minimum absolute atomic E-state index is 0.320. The summed E-state index contributed by atoms with van der Waals surface area (Å²) < 4.78 is 5.69. The molecule has 0 spiro atoms. The van der Waals surface area contributed by atoms with Crippen LogP contribution >= 0.6 is 15.9 Å². The second-order valence-corrected chi connectivity index (χ2v) is 4.44. The fourth-order valence-electron chi connectivity index (χ4n) is 1.41. The third-order valence-electron chi connectivity index (χ3n) is 2.37. The van der Waals surface area contributed by atoms with Crippen molar-refractivity contribution in [1.82, 2.24) is 4.98 Å². The van der Waals surface area contributed by atoms with Gasteiger partial charge in [0.1, 0.15) is 0 Å². The lowest BCUT2D eigenvalue weighted by Crippen LogP contribution is -2.06. The van der Waals surface area contributed by atoms with Crippen molar-refractivity contribution in [2.45, 2.75) is 25.7 Å². The molecule has 0 N–H and O–H groups in total. The predicted molar refractivity (Wildman–Crippen MR) is 59.9 cm³/mol. The third-order valence-corrected chi connectivity index (χ3v) is 3.02. The van der Waals surface area contributed by atoms with Crippen LogP contribution in [0, 0.1) is 0 Å². The lowest BCUT2D eigenvalue weighted by Gasteiger charge is -2.05. The summed E-state index contributed by atoms with van der Waals surface area (Å²) in [4.78, 5) is 15.7. The highest BCUT2D eigenvalue weighted by Crippen LogP contribution is 2.39. The van der Waals surface area contributed by atoms with Gasteiger partial charge < -0.3 is 4.74 Å². The zero-order valence-corrected chi connectivity index (χ0v) is 10.1. The van der Waals surface area contributed by atoms with E-state index in [0.717, 1.165) is 10.2 Å². The van der Waals surface area contributed by atoms with Crippen LogP contribution in [0.15, 0.2) is 16.7 Å². The Labute approximate surface area is 97.0 Å². The Kier molecular flexibility index (Phi) is 3.05. The second-order valence-electron chi connectivity index (χ2n) is 3.58. The highest BCUT2D eigenvalue weighted by atomic mass is 79.9. The Hall–Kier alpha value is -0.900. The van der Waals surface area contributed by atoms with Gasteiger partial charge in [0.2, 0.25) is 0 Å². The molecule has 1 saturated carbocycles. The standard InChI is InChI=1S/C11H12BrNO2/c1-2-15-11(14)8-6-13-10(5-9(8)12)7-3-4-7/h5-7H,2-4H2,1H3. The summed E-state index contributed by atoms with van der Waals surface area (Å²) in [6, 6.07) is 1.92. The number of carbonyl (C=O) groups excluding carboxylic acids is 1. The topological polar surface area (TPSA) is 39.2 Å². The number of rotatable bonds is 3. The number of halogens is 1. The molecule has 1 heterocycles. The van der Waals surface area contributed by atoms with Crippen molar-refractivity contribution in [2.75, 3.05) is 6.61 Å². The molecule has 0 atom stereocenters. The molecule has 0 unspecified atom stereocenters. The number of hydrogen-bond acceptors (Lipinski definition) is 3. The number of esters is 1. The number of ether oxygens (including phenoxy) is 1. The zero-order chi connectivity index (χ0) is 10.8. The smallest absolute Gasteiger partial charge is 0.340 e. The fraction of sp³-hybridized carbons (Fsp3) is 0.455. The fourth-order valence-corrected chi connectivity index (χ4v) is 1.91. The van der Waals surface area contributed by atoms with Crippen molar-refractivity contribution < 1.29 is 9.53 Å². The van der Waals surface area contributed by atoms with E-state index in [0.29, 0.717) is 18.1 Å². The van der Waals surface area contributed by atoms with Crippen LogP contribution in [0.5, 0.6) is 0 Å². The summed E-state index contributed by atoms with van der Waals surface area (Å²) in [5.74, 6) is 0.275. The predicted octanol–water partition coefficient (Wildman–Crippen LogP) is 2.90. The molecule has 80 valence electrons. The molecule has 0 aliphatic heterocycles. The normalized spacial score (nSPS) is 15.1. The second kappa shape index (κ2) is 4.31. The van der Waals surface area contributed by atoms with E-state index in [1.54, 1.807) is 13.1 Å². The summed E-state index contributed by atoms with van der Waals surface area (Å²) in [5, 5.41) is 0. The van der Waals surface area contributed by atoms with Crippen LogP contribution in [-0.2, 0) is 4.74 Å². The maximum absolute atomic E-state index is 11.5. The molecular formula is C11H12BrNO2. The van der Waals surface area contributed by atoms with E-state index >= 15 is 0 Å². The molecule has 4 heteroatoms. The van der Waals surface area contributed by atoms with Gasteiger partial charge in [-0.1, -0.05) is 0 Å². The summed E-state index contributed by atoms with van der Waals surface area (Å²) in [6.07, 6.45) is 4.01. The van der Waals surface area contributed by atoms with Crippen molar-refractivity contribution in [1.29, 1.82) is 0 Å². The summed E-state index contributed by atoms with van der Waals surface area (Å²) in [5.41, 5.74) is 1.57. The van der Waals surface area contributed by atoms with E-state index in [9.17, 15) is 4.79 Å². The van der Waals surface area contributed by atoms with Gasteiger partial charge in [0.25, 0.3) is 0 Å². The SMILES string of the molecule is CCOC(=O)c1cnc(C2CC2)cc1Br. The lowest BCUT2D eigenvalue weighted by molar-refractivity contribution is 0.0525. The van der Waals surface area contributed by atoms with Gasteiger partial charge in [-0.3, -0.25) is 4.98 Å². The quantitative estimate of drug-likeness (QED) is 0.793. The first kappa shape index (κ1) is 10.6. The average Bonchev–Trinajstić information content (AvgIpc) is 3.01. The Morgan fingerprint density at radius 2 is 2.40 bits per heavy atom. The number of carbonyl (C=O) groups is 1. The molecule has 0 saturated heterocycles. The minimum Gasteiger partial charge on any atom is -0.462 e. The number of aromatic nitrogens is 1. The molecule has 15 heavy (non-hydrogen) atoms. The van der Waals surface area contributed by atoms with Crippen molar-refractivity contribution in [3.05, 3.63) is 28.0 Å². The molecule has 1 aliphatic carbocycles. The van der Waals surface area contributed by atoms with Gasteiger partial charge in [-0.05, 0) is 41.8 Å². The van der Waals surface area contributed by atoms with Crippen LogP contribution < -0.4 is 0 Å². The van der Waals surface area contributed by atoms with Crippen LogP contribution in [-0.4, -0.2) is 17.6 Å². The molecule has 1 fully saturated rings. The maximum Gasteiger partial charge on any atom is 0.340 e. The lowest BCUT2D eigenvalue weighted by atomic mass is 10.2. The highest BCUT2D eigenvalue weighted by molar-refractivity contribution is 9.10. The van der Waals surface area contributed by atoms with Crippen LogP contribution in [0.2, 0.25) is 0 Å². The largest absolute Gasteiger partial charge is 0.462 e. The average molecular weight is 270 g/mol. The van der Waals surface area contributed by atoms with E-state index in [1.165, 1.54) is 12.8 Å². The Morgan fingerprint density at radius 3 is 2.93 bits per heavy atom. The molecule has 0 aromatic carbocycles. The summed E-state index contributed by atoms with van der Waals surface area (Å²) in [6.45, 7) is 2.17. The van der Waals surface area contributed by atoms with Gasteiger partial charge in [-0.25, -0.2) is 4.79 Å². The van der Waals surface area contributed by atoms with E-state index < -0.39 is 0 Å². The third kappa shape index (κ3) is 2.37. The van der Waals surface area contributed by atoms with Crippen molar-refractivity contribution >= 4 is 21.9 Å². The number of hydrogen-bond donors (Lipinski definition) is 0. The zero-order valence-electron chi connectivity index (χ0n) is 8.50. The van der Waals surface area contributed by atoms with E-state index in [4.69, 9.17) is 4.74 Å². The highest BCUT2D eigenvalue weighted by Gasteiger charge is 2.26. The number of nitrogens with zero attached hydrogens (tertiary/aromatic N) is 1. The van der Waals surface area contributed by atoms with E-state index in [2.05, 4.69) is 20.9 Å².